The number of aliphatic hydroxyl groups is 1. The molecule has 0 aromatic heterocycles. The number of hydrogen-bond acceptors (Lipinski definition) is 13. The molecule has 14 heteroatoms. The first kappa shape index (κ1) is 43.5. The number of rotatable bonds is 5. The third-order valence-electron chi connectivity index (χ3n) is 15.3. The maximum Gasteiger partial charge on any atom is 0.407 e. The first-order chi connectivity index (χ1) is 28.5. The molecule has 1 amide bonds. The molecule has 10 saturated heterocycles. The standard InChI is InChI=1S/C46H71NO13/c1-23-15-27-10-12-36-45(6,7)20-29(53-36)13-14-46-21-35-39(58-46)40-41(57-35)42(59-46)38-31(56-40)11-9-28(54-38)16-25(48)17-30-33(19-32(52-27)24(23)2)55-34(37(30)51-8)18-26(49)22-47-43(50)60-44(3,4)5/h23,26-42,49H,2,9-22H2,1,3-8H3,(H,47,50)/t23-,26+,27+,28-,29?,30?,31+,32-,33+,34-,35-,36?,37-,38+,39+,40+,41-,42+,46+/m1/s1. The van der Waals surface area contributed by atoms with Gasteiger partial charge in [-0.25, -0.2) is 4.79 Å². The third-order valence-corrected chi connectivity index (χ3v) is 15.3. The Kier molecular flexibility index (Phi) is 12.1. The molecule has 3 unspecified atom stereocenters. The molecule has 0 saturated carbocycles. The van der Waals surface area contributed by atoms with Crippen LogP contribution in [0.2, 0.25) is 0 Å². The SMILES string of the molecule is C=C1[C@H](C)C[C@@H]2CCC3OC(CC[C@@]45C[C@H]6O[C@H]7[C@@H](O4)[C@H]4O[C@H](CC[C@@H]4O[C@H]7[C@H]6O5)CC(=O)CC4[C@H](C[C@H]1O2)O[C@H](C[C@H](O)CNC(=O)OC(C)(C)C)[C@@H]4OC)CC3(C)C. The number of alkyl carbamates (subject to hydrolysis) is 1. The summed E-state index contributed by atoms with van der Waals surface area (Å²) in [5, 5.41) is 13.8. The van der Waals surface area contributed by atoms with Crippen molar-refractivity contribution in [1.29, 1.82) is 0 Å². The van der Waals surface area contributed by atoms with Gasteiger partial charge in [0.05, 0.1) is 67.1 Å². The summed E-state index contributed by atoms with van der Waals surface area (Å²) in [6, 6.07) is 0. The largest absolute Gasteiger partial charge is 0.444 e. The van der Waals surface area contributed by atoms with Gasteiger partial charge in [-0.2, -0.15) is 0 Å². The molecule has 12 bridgehead atoms. The summed E-state index contributed by atoms with van der Waals surface area (Å²) in [5.74, 6) is -0.777. The molecule has 10 aliphatic heterocycles. The molecule has 0 aliphatic carbocycles. The Hall–Kier alpha value is -1.72. The van der Waals surface area contributed by atoms with Gasteiger partial charge in [0.15, 0.2) is 5.79 Å². The van der Waals surface area contributed by atoms with Crippen molar-refractivity contribution >= 4 is 11.9 Å². The lowest BCUT2D eigenvalue weighted by atomic mass is 9.79. The van der Waals surface area contributed by atoms with Crippen LogP contribution in [0.25, 0.3) is 0 Å². The lowest BCUT2D eigenvalue weighted by Crippen LogP contribution is -2.61. The fraction of sp³-hybridized carbons (Fsp3) is 0.913. The number of carbonyl (C=O) groups is 2. The molecule has 10 aliphatic rings. The first-order valence-electron chi connectivity index (χ1n) is 23.1. The van der Waals surface area contributed by atoms with E-state index in [9.17, 15) is 14.7 Å². The number of fused-ring (bicyclic) bond motifs is 6. The smallest absolute Gasteiger partial charge is 0.407 e. The maximum atomic E-state index is 14.3. The molecular weight excluding hydrogens is 774 g/mol. The molecule has 0 aromatic rings. The van der Waals surface area contributed by atoms with Gasteiger partial charge in [0.1, 0.15) is 41.9 Å². The van der Waals surface area contributed by atoms with Crippen LogP contribution in [0, 0.1) is 17.3 Å². The van der Waals surface area contributed by atoms with Gasteiger partial charge in [-0.3, -0.25) is 4.79 Å². The van der Waals surface area contributed by atoms with E-state index < -0.39 is 41.9 Å². The van der Waals surface area contributed by atoms with Crippen LogP contribution in [0.15, 0.2) is 12.2 Å². The Bertz CT molecular complexity index is 1600. The predicted octanol–water partition coefficient (Wildman–Crippen LogP) is 5.47. The number of Topliss-reactive ketones (excluding diaryl/α,β-unsaturated/α-hetero) is 1. The molecule has 14 nitrogen and oxygen atoms in total. The highest BCUT2D eigenvalue weighted by atomic mass is 16.8. The van der Waals surface area contributed by atoms with E-state index >= 15 is 0 Å². The lowest BCUT2D eigenvalue weighted by Gasteiger charge is -2.47. The zero-order valence-corrected chi connectivity index (χ0v) is 36.8. The number of nitrogens with one attached hydrogen (secondary N) is 1. The summed E-state index contributed by atoms with van der Waals surface area (Å²) >= 11 is 0. The van der Waals surface area contributed by atoms with Gasteiger partial charge in [-0.1, -0.05) is 27.4 Å². The molecule has 10 rings (SSSR count). The van der Waals surface area contributed by atoms with Crippen LogP contribution in [-0.2, 0) is 52.2 Å². The van der Waals surface area contributed by atoms with Crippen LogP contribution in [-0.4, -0.2) is 140 Å². The molecule has 0 aromatic carbocycles. The van der Waals surface area contributed by atoms with Gasteiger partial charge in [0.25, 0.3) is 0 Å². The summed E-state index contributed by atoms with van der Waals surface area (Å²) in [6.45, 7) is 16.7. The number of methoxy groups -OCH3 is 1. The van der Waals surface area contributed by atoms with E-state index in [1.54, 1.807) is 27.9 Å². The minimum absolute atomic E-state index is 0.00607. The monoisotopic (exact) mass is 845 g/mol. The summed E-state index contributed by atoms with van der Waals surface area (Å²) in [4.78, 5) is 26.7. The Morgan fingerprint density at radius 2 is 1.60 bits per heavy atom. The van der Waals surface area contributed by atoms with Gasteiger partial charge in [-0.15, -0.1) is 0 Å². The molecule has 0 radical (unpaired) electrons. The van der Waals surface area contributed by atoms with Gasteiger partial charge >= 0.3 is 6.09 Å². The van der Waals surface area contributed by atoms with E-state index in [4.69, 9.17) is 47.4 Å². The van der Waals surface area contributed by atoms with Crippen molar-refractivity contribution in [2.24, 2.45) is 17.3 Å². The van der Waals surface area contributed by atoms with E-state index in [0.29, 0.717) is 25.7 Å². The van der Waals surface area contributed by atoms with Crippen molar-refractivity contribution in [2.45, 2.75) is 234 Å². The Morgan fingerprint density at radius 3 is 2.38 bits per heavy atom. The number of amides is 1. The minimum atomic E-state index is -0.931. The molecule has 1 spiro atoms. The summed E-state index contributed by atoms with van der Waals surface area (Å²) in [6.07, 6.45) is 3.56. The normalized spacial score (nSPS) is 48.0. The number of hydrogen-bond donors (Lipinski definition) is 2. The van der Waals surface area contributed by atoms with Crippen molar-refractivity contribution in [3.05, 3.63) is 12.2 Å². The average Bonchev–Trinajstić information content (AvgIpc) is 3.82. The zero-order valence-electron chi connectivity index (χ0n) is 36.8. The average molecular weight is 846 g/mol. The molecular formula is C46H71NO13. The van der Waals surface area contributed by atoms with Crippen LogP contribution < -0.4 is 5.32 Å². The first-order valence-corrected chi connectivity index (χ1v) is 23.1. The summed E-state index contributed by atoms with van der Waals surface area (Å²) in [7, 11) is 1.64. The van der Waals surface area contributed by atoms with Gasteiger partial charge in [0.2, 0.25) is 0 Å². The highest BCUT2D eigenvalue weighted by Crippen LogP contribution is 2.55. The number of carbonyl (C=O) groups excluding carboxylic acids is 2. The van der Waals surface area contributed by atoms with E-state index in [-0.39, 0.29) is 122 Å². The highest BCUT2D eigenvalue weighted by Gasteiger charge is 2.69. The summed E-state index contributed by atoms with van der Waals surface area (Å²) < 4.78 is 66.2. The number of ketones is 1. The molecule has 10 heterocycles. The van der Waals surface area contributed by atoms with Gasteiger partial charge in [-0.05, 0) is 82.6 Å². The van der Waals surface area contributed by atoms with Crippen molar-refractivity contribution in [2.75, 3.05) is 13.7 Å². The second-order valence-corrected chi connectivity index (χ2v) is 21.4. The van der Waals surface area contributed by atoms with Crippen molar-refractivity contribution in [1.82, 2.24) is 5.32 Å². The summed E-state index contributed by atoms with van der Waals surface area (Å²) in [5.41, 5.74) is 0.379. The second-order valence-electron chi connectivity index (χ2n) is 21.4. The Balaban J connectivity index is 0.962. The van der Waals surface area contributed by atoms with E-state index in [1.165, 1.54) is 0 Å². The van der Waals surface area contributed by atoms with Gasteiger partial charge < -0.3 is 57.8 Å². The van der Waals surface area contributed by atoms with Crippen LogP contribution in [0.3, 0.4) is 0 Å². The maximum absolute atomic E-state index is 14.3. The zero-order chi connectivity index (χ0) is 42.3. The van der Waals surface area contributed by atoms with Crippen LogP contribution in [0.1, 0.15) is 125 Å². The van der Waals surface area contributed by atoms with Gasteiger partial charge in [0, 0.05) is 58.1 Å². The van der Waals surface area contributed by atoms with Crippen LogP contribution in [0.4, 0.5) is 4.79 Å². The quantitative estimate of drug-likeness (QED) is 0.336. The van der Waals surface area contributed by atoms with E-state index in [1.807, 2.05) is 0 Å². The van der Waals surface area contributed by atoms with Crippen LogP contribution in [0.5, 0.6) is 0 Å². The number of ether oxygens (including phenoxy) is 10. The third kappa shape index (κ3) is 8.74. The molecule has 10 fully saturated rings. The molecule has 60 heavy (non-hydrogen) atoms. The minimum Gasteiger partial charge on any atom is -0.444 e. The topological polar surface area (TPSA) is 159 Å². The molecule has 19 atom stereocenters. The van der Waals surface area contributed by atoms with Crippen molar-refractivity contribution in [3.63, 3.8) is 0 Å². The van der Waals surface area contributed by atoms with Crippen molar-refractivity contribution < 1.29 is 62.1 Å². The lowest BCUT2D eigenvalue weighted by molar-refractivity contribution is -0.292. The molecule has 2 N–H and O–H groups in total. The fourth-order valence-corrected chi connectivity index (χ4v) is 12.4. The Labute approximate surface area is 355 Å². The Morgan fingerprint density at radius 1 is 0.850 bits per heavy atom. The van der Waals surface area contributed by atoms with E-state index in [2.05, 4.69) is 32.7 Å². The predicted molar refractivity (Wildman–Crippen MR) is 216 cm³/mol. The van der Waals surface area contributed by atoms with E-state index in [0.717, 1.165) is 44.1 Å². The van der Waals surface area contributed by atoms with Crippen molar-refractivity contribution in [3.8, 4) is 0 Å². The fourth-order valence-electron chi connectivity index (χ4n) is 12.4. The number of aliphatic hydroxyl groups excluding tert-OH is 1. The van der Waals surface area contributed by atoms with Crippen LogP contribution >= 0.6 is 0 Å². The second kappa shape index (κ2) is 16.7. The highest BCUT2D eigenvalue weighted by molar-refractivity contribution is 5.79. The molecule has 338 valence electrons.